The van der Waals surface area contributed by atoms with Crippen molar-refractivity contribution >= 4 is 5.78 Å². The quantitative estimate of drug-likeness (QED) is 0.615. The van der Waals surface area contributed by atoms with Crippen LogP contribution in [-0.2, 0) is 9.53 Å². The van der Waals surface area contributed by atoms with Gasteiger partial charge in [-0.05, 0) is 19.3 Å². The van der Waals surface area contributed by atoms with E-state index in [9.17, 15) is 4.79 Å². The third-order valence-corrected chi connectivity index (χ3v) is 1.86. The zero-order valence-electron chi connectivity index (χ0n) is 8.59. The first kappa shape index (κ1) is 11.6. The number of hydrogen-bond donors (Lipinski definition) is 0. The summed E-state index contributed by atoms with van der Waals surface area (Å²) in [5, 5.41) is 0. The average molecular weight is 172 g/mol. The second-order valence-electron chi connectivity index (χ2n) is 3.52. The van der Waals surface area contributed by atoms with Crippen molar-refractivity contribution < 1.29 is 9.53 Å². The van der Waals surface area contributed by atoms with Gasteiger partial charge in [0.25, 0.3) is 0 Å². The van der Waals surface area contributed by atoms with Gasteiger partial charge in [-0.1, -0.05) is 20.8 Å². The molecule has 1 unspecified atom stereocenters. The molecule has 1 atom stereocenters. The van der Waals surface area contributed by atoms with Crippen LogP contribution < -0.4 is 0 Å². The second-order valence-corrected chi connectivity index (χ2v) is 3.52. The van der Waals surface area contributed by atoms with Crippen molar-refractivity contribution in [3.8, 4) is 0 Å². The number of Topliss-reactive ketones (excluding diaryl/α,β-unsaturated/α-hetero) is 1. The Morgan fingerprint density at radius 1 is 1.33 bits per heavy atom. The summed E-state index contributed by atoms with van der Waals surface area (Å²) in [5.41, 5.74) is 0. The molecule has 0 aliphatic rings. The Morgan fingerprint density at radius 2 is 1.92 bits per heavy atom. The van der Waals surface area contributed by atoms with Crippen LogP contribution in [0.3, 0.4) is 0 Å². The Bertz CT molecular complexity index is 130. The fourth-order valence-electron chi connectivity index (χ4n) is 0.861. The number of carbonyl (C=O) groups is 1. The standard InChI is InChI=1S/C10H20O2/c1-5-10(11)9(4)12-7-6-8(2)3/h8-9H,5-7H2,1-4H3. The van der Waals surface area contributed by atoms with Crippen LogP contribution in [0.5, 0.6) is 0 Å². The molecule has 0 radical (unpaired) electrons. The van der Waals surface area contributed by atoms with E-state index in [-0.39, 0.29) is 11.9 Å². The smallest absolute Gasteiger partial charge is 0.160 e. The molecule has 0 aliphatic heterocycles. The van der Waals surface area contributed by atoms with Crippen molar-refractivity contribution in [3.05, 3.63) is 0 Å². The molecule has 2 nitrogen and oxygen atoms in total. The average Bonchev–Trinajstić information content (AvgIpc) is 2.02. The molecule has 0 fully saturated rings. The molecule has 0 spiro atoms. The molecule has 0 saturated heterocycles. The van der Waals surface area contributed by atoms with Crippen molar-refractivity contribution in [3.63, 3.8) is 0 Å². The van der Waals surface area contributed by atoms with Crippen LogP contribution in [0.15, 0.2) is 0 Å². The third-order valence-electron chi connectivity index (χ3n) is 1.86. The molecule has 0 aromatic carbocycles. The van der Waals surface area contributed by atoms with Crippen molar-refractivity contribution in [1.29, 1.82) is 0 Å². The summed E-state index contributed by atoms with van der Waals surface area (Å²) in [6.07, 6.45) is 1.39. The molecule has 0 bridgehead atoms. The van der Waals surface area contributed by atoms with Gasteiger partial charge < -0.3 is 4.74 Å². The van der Waals surface area contributed by atoms with Crippen LogP contribution in [0, 0.1) is 5.92 Å². The van der Waals surface area contributed by atoms with Crippen LogP contribution in [0.1, 0.15) is 40.5 Å². The van der Waals surface area contributed by atoms with Crippen LogP contribution in [0.4, 0.5) is 0 Å². The van der Waals surface area contributed by atoms with Gasteiger partial charge in [0.05, 0.1) is 0 Å². The number of rotatable bonds is 6. The zero-order chi connectivity index (χ0) is 9.56. The predicted octanol–water partition coefficient (Wildman–Crippen LogP) is 2.42. The molecular weight excluding hydrogens is 152 g/mol. The van der Waals surface area contributed by atoms with Gasteiger partial charge in [-0.25, -0.2) is 0 Å². The minimum atomic E-state index is -0.214. The Hall–Kier alpha value is -0.370. The van der Waals surface area contributed by atoms with Crippen LogP contribution in [0.25, 0.3) is 0 Å². The summed E-state index contributed by atoms with van der Waals surface area (Å²) in [6.45, 7) is 8.69. The van der Waals surface area contributed by atoms with E-state index in [0.29, 0.717) is 18.9 Å². The van der Waals surface area contributed by atoms with Crippen LogP contribution >= 0.6 is 0 Å². The van der Waals surface area contributed by atoms with E-state index < -0.39 is 0 Å². The minimum absolute atomic E-state index is 0.193. The summed E-state index contributed by atoms with van der Waals surface area (Å²) in [7, 11) is 0. The Kier molecular flexibility index (Phi) is 5.99. The fraction of sp³-hybridized carbons (Fsp3) is 0.900. The van der Waals surface area contributed by atoms with E-state index in [1.807, 2.05) is 13.8 Å². The highest BCUT2D eigenvalue weighted by Gasteiger charge is 2.10. The number of ketones is 1. The lowest BCUT2D eigenvalue weighted by molar-refractivity contribution is -0.129. The van der Waals surface area contributed by atoms with Crippen molar-refractivity contribution in [2.45, 2.75) is 46.6 Å². The highest BCUT2D eigenvalue weighted by Crippen LogP contribution is 2.02. The maximum atomic E-state index is 11.1. The van der Waals surface area contributed by atoms with Gasteiger partial charge in [0, 0.05) is 13.0 Å². The molecule has 0 aliphatic carbocycles. The van der Waals surface area contributed by atoms with Gasteiger partial charge >= 0.3 is 0 Å². The molecule has 2 heteroatoms. The molecule has 0 rings (SSSR count). The molecule has 12 heavy (non-hydrogen) atoms. The first-order chi connectivity index (χ1) is 5.57. The second kappa shape index (κ2) is 6.18. The summed E-state index contributed by atoms with van der Waals surface area (Å²) < 4.78 is 5.36. The maximum Gasteiger partial charge on any atom is 0.160 e. The predicted molar refractivity (Wildman–Crippen MR) is 50.2 cm³/mol. The van der Waals surface area contributed by atoms with Gasteiger partial charge in [-0.2, -0.15) is 0 Å². The van der Waals surface area contributed by atoms with Gasteiger partial charge in [-0.15, -0.1) is 0 Å². The van der Waals surface area contributed by atoms with Gasteiger partial charge in [0.15, 0.2) is 5.78 Å². The van der Waals surface area contributed by atoms with Crippen molar-refractivity contribution in [2.24, 2.45) is 5.92 Å². The summed E-state index contributed by atoms with van der Waals surface area (Å²) in [5.74, 6) is 0.840. The molecule has 0 aromatic heterocycles. The topological polar surface area (TPSA) is 26.3 Å². The molecule has 72 valence electrons. The van der Waals surface area contributed by atoms with E-state index >= 15 is 0 Å². The van der Waals surface area contributed by atoms with E-state index in [4.69, 9.17) is 4.74 Å². The van der Waals surface area contributed by atoms with Crippen LogP contribution in [0.2, 0.25) is 0 Å². The largest absolute Gasteiger partial charge is 0.371 e. The Balaban J connectivity index is 3.43. The Labute approximate surface area is 75.3 Å². The van der Waals surface area contributed by atoms with E-state index in [0.717, 1.165) is 6.42 Å². The fourth-order valence-corrected chi connectivity index (χ4v) is 0.861. The molecule has 0 amide bonds. The Morgan fingerprint density at radius 3 is 2.33 bits per heavy atom. The first-order valence-corrected chi connectivity index (χ1v) is 4.72. The SMILES string of the molecule is CCC(=O)C(C)OCCC(C)C. The van der Waals surface area contributed by atoms with E-state index in [1.54, 1.807) is 0 Å². The van der Waals surface area contributed by atoms with Gasteiger partial charge in [0.2, 0.25) is 0 Å². The highest BCUT2D eigenvalue weighted by molar-refractivity contribution is 5.82. The lowest BCUT2D eigenvalue weighted by Gasteiger charge is -2.11. The summed E-state index contributed by atoms with van der Waals surface area (Å²) in [4.78, 5) is 11.1. The van der Waals surface area contributed by atoms with Crippen molar-refractivity contribution in [1.82, 2.24) is 0 Å². The third kappa shape index (κ3) is 5.30. The van der Waals surface area contributed by atoms with Crippen molar-refractivity contribution in [2.75, 3.05) is 6.61 Å². The zero-order valence-corrected chi connectivity index (χ0v) is 8.59. The summed E-state index contributed by atoms with van der Waals surface area (Å²) >= 11 is 0. The normalized spacial score (nSPS) is 13.4. The summed E-state index contributed by atoms with van der Waals surface area (Å²) in [6, 6.07) is 0. The molecule has 0 N–H and O–H groups in total. The number of ether oxygens (including phenoxy) is 1. The monoisotopic (exact) mass is 172 g/mol. The molecule has 0 heterocycles. The van der Waals surface area contributed by atoms with Crippen LogP contribution in [-0.4, -0.2) is 18.5 Å². The van der Waals surface area contributed by atoms with Gasteiger partial charge in [0.1, 0.15) is 6.10 Å². The molecule has 0 saturated carbocycles. The molecular formula is C10H20O2. The lowest BCUT2D eigenvalue weighted by atomic mass is 10.1. The number of hydrogen-bond acceptors (Lipinski definition) is 2. The van der Waals surface area contributed by atoms with E-state index in [1.165, 1.54) is 0 Å². The number of carbonyl (C=O) groups excluding carboxylic acids is 1. The highest BCUT2D eigenvalue weighted by atomic mass is 16.5. The molecule has 0 aromatic rings. The van der Waals surface area contributed by atoms with Gasteiger partial charge in [-0.3, -0.25) is 4.79 Å². The maximum absolute atomic E-state index is 11.1. The first-order valence-electron chi connectivity index (χ1n) is 4.72. The minimum Gasteiger partial charge on any atom is -0.371 e. The van der Waals surface area contributed by atoms with E-state index in [2.05, 4.69) is 13.8 Å². The lowest BCUT2D eigenvalue weighted by Crippen LogP contribution is -2.20.